The maximum absolute atomic E-state index is 11.8. The number of nitriles is 1. The number of hydrogen-bond donors (Lipinski definition) is 0. The predicted molar refractivity (Wildman–Crippen MR) is 116 cm³/mol. The van der Waals surface area contributed by atoms with E-state index in [0.717, 1.165) is 18.4 Å². The smallest absolute Gasteiger partial charge is 0.330 e. The summed E-state index contributed by atoms with van der Waals surface area (Å²) in [5.74, 6) is 0.659. The highest BCUT2D eigenvalue weighted by atomic mass is 16.5. The lowest BCUT2D eigenvalue weighted by Gasteiger charge is -2.08. The summed E-state index contributed by atoms with van der Waals surface area (Å²) in [6.45, 7) is 2.63. The molecule has 0 radical (unpaired) electrons. The van der Waals surface area contributed by atoms with E-state index in [4.69, 9.17) is 19.5 Å². The largest absolute Gasteiger partial charge is 0.493 e. The number of rotatable bonds is 16. The molecule has 0 spiro atoms. The molecule has 1 aromatic rings. The molecule has 0 saturated heterocycles. The van der Waals surface area contributed by atoms with Gasteiger partial charge in [0.05, 0.1) is 13.7 Å². The SMILES string of the molecule is CCCCCCCCCCCCOC(=O)/C=C/c1ccc(OC)c(OCC#N)c1. The zero-order valence-corrected chi connectivity index (χ0v) is 18.0. The zero-order chi connectivity index (χ0) is 21.2. The summed E-state index contributed by atoms with van der Waals surface area (Å²) >= 11 is 0. The fourth-order valence-electron chi connectivity index (χ4n) is 2.99. The first-order valence-electron chi connectivity index (χ1n) is 10.7. The number of benzene rings is 1. The Morgan fingerprint density at radius 3 is 2.28 bits per heavy atom. The molecule has 0 heterocycles. The molecule has 0 amide bonds. The summed E-state index contributed by atoms with van der Waals surface area (Å²) in [5, 5.41) is 8.65. The number of unbranched alkanes of at least 4 members (excludes halogenated alkanes) is 9. The molecule has 0 N–H and O–H groups in total. The molecule has 1 aromatic carbocycles. The van der Waals surface area contributed by atoms with Gasteiger partial charge in [-0.15, -0.1) is 0 Å². The van der Waals surface area contributed by atoms with Gasteiger partial charge >= 0.3 is 5.97 Å². The molecule has 0 aliphatic carbocycles. The van der Waals surface area contributed by atoms with Gasteiger partial charge in [-0.2, -0.15) is 5.26 Å². The highest BCUT2D eigenvalue weighted by Crippen LogP contribution is 2.28. The molecule has 0 aliphatic rings. The van der Waals surface area contributed by atoms with Crippen LogP contribution in [-0.2, 0) is 9.53 Å². The Morgan fingerprint density at radius 2 is 1.66 bits per heavy atom. The maximum Gasteiger partial charge on any atom is 0.330 e. The minimum Gasteiger partial charge on any atom is -0.493 e. The molecular formula is C24H35NO4. The topological polar surface area (TPSA) is 68.6 Å². The number of nitrogens with zero attached hydrogens (tertiary/aromatic N) is 1. The molecule has 0 atom stereocenters. The minimum atomic E-state index is -0.351. The standard InChI is InChI=1S/C24H35NO4/c1-3-4-5-6-7-8-9-10-11-12-18-29-24(26)16-14-21-13-15-22(27-2)23(20-21)28-19-17-25/h13-16,20H,3-12,18-19H2,1-2H3/b16-14+. The van der Waals surface area contributed by atoms with Crippen molar-refractivity contribution in [3.8, 4) is 17.6 Å². The monoisotopic (exact) mass is 401 g/mol. The van der Waals surface area contributed by atoms with Crippen LogP contribution in [0.3, 0.4) is 0 Å². The van der Waals surface area contributed by atoms with Crippen LogP contribution in [0, 0.1) is 11.3 Å². The number of carbonyl (C=O) groups is 1. The van der Waals surface area contributed by atoms with E-state index in [1.54, 1.807) is 18.2 Å². The molecule has 5 nitrogen and oxygen atoms in total. The Balaban J connectivity index is 2.20. The van der Waals surface area contributed by atoms with Crippen molar-refractivity contribution in [3.63, 3.8) is 0 Å². The summed E-state index contributed by atoms with van der Waals surface area (Å²) < 4.78 is 15.8. The van der Waals surface area contributed by atoms with Crippen molar-refractivity contribution in [2.45, 2.75) is 71.1 Å². The van der Waals surface area contributed by atoms with E-state index in [0.29, 0.717) is 18.1 Å². The number of carbonyl (C=O) groups excluding carboxylic acids is 1. The van der Waals surface area contributed by atoms with Crippen LogP contribution in [0.5, 0.6) is 11.5 Å². The maximum atomic E-state index is 11.8. The van der Waals surface area contributed by atoms with Crippen LogP contribution < -0.4 is 9.47 Å². The van der Waals surface area contributed by atoms with E-state index in [-0.39, 0.29) is 12.6 Å². The Morgan fingerprint density at radius 1 is 1.00 bits per heavy atom. The Hall–Kier alpha value is -2.48. The highest BCUT2D eigenvalue weighted by Gasteiger charge is 2.05. The molecular weight excluding hydrogens is 366 g/mol. The van der Waals surface area contributed by atoms with E-state index in [2.05, 4.69) is 6.92 Å². The Bertz CT molecular complexity index is 649. The van der Waals surface area contributed by atoms with Gasteiger partial charge in [0.25, 0.3) is 0 Å². The minimum absolute atomic E-state index is 0.0651. The first kappa shape index (κ1) is 24.6. The van der Waals surface area contributed by atoms with Crippen molar-refractivity contribution < 1.29 is 19.0 Å². The normalized spacial score (nSPS) is 10.7. The first-order chi connectivity index (χ1) is 14.2. The predicted octanol–water partition coefficient (Wildman–Crippen LogP) is 6.07. The molecule has 29 heavy (non-hydrogen) atoms. The number of methoxy groups -OCH3 is 1. The van der Waals surface area contributed by atoms with Crippen molar-refractivity contribution in [2.24, 2.45) is 0 Å². The lowest BCUT2D eigenvalue weighted by atomic mass is 10.1. The van der Waals surface area contributed by atoms with Crippen molar-refractivity contribution in [1.82, 2.24) is 0 Å². The molecule has 160 valence electrons. The zero-order valence-electron chi connectivity index (χ0n) is 18.0. The van der Waals surface area contributed by atoms with Crippen molar-refractivity contribution in [1.29, 1.82) is 5.26 Å². The van der Waals surface area contributed by atoms with Gasteiger partial charge in [-0.3, -0.25) is 0 Å². The van der Waals surface area contributed by atoms with Crippen molar-refractivity contribution in [3.05, 3.63) is 29.8 Å². The molecule has 0 aliphatic heterocycles. The fraction of sp³-hybridized carbons (Fsp3) is 0.583. The number of esters is 1. The van der Waals surface area contributed by atoms with Gasteiger partial charge in [-0.1, -0.05) is 70.8 Å². The van der Waals surface area contributed by atoms with Gasteiger partial charge < -0.3 is 14.2 Å². The van der Waals surface area contributed by atoms with Crippen LogP contribution in [0.15, 0.2) is 24.3 Å². The third-order valence-corrected chi connectivity index (χ3v) is 4.63. The molecule has 5 heteroatoms. The van der Waals surface area contributed by atoms with Crippen LogP contribution in [0.1, 0.15) is 76.7 Å². The Kier molecular flexibility index (Phi) is 13.9. The van der Waals surface area contributed by atoms with Gasteiger partial charge in [0.15, 0.2) is 18.1 Å². The van der Waals surface area contributed by atoms with E-state index in [1.807, 2.05) is 12.1 Å². The molecule has 0 aromatic heterocycles. The molecule has 0 bridgehead atoms. The quantitative estimate of drug-likeness (QED) is 0.191. The van der Waals surface area contributed by atoms with Crippen LogP contribution in [0.4, 0.5) is 0 Å². The third-order valence-electron chi connectivity index (χ3n) is 4.63. The number of hydrogen-bond acceptors (Lipinski definition) is 5. The lowest BCUT2D eigenvalue weighted by molar-refractivity contribution is -0.137. The Labute approximate surface area is 175 Å². The van der Waals surface area contributed by atoms with Crippen LogP contribution in [0.25, 0.3) is 6.08 Å². The molecule has 0 fully saturated rings. The molecule has 0 saturated carbocycles. The van der Waals surface area contributed by atoms with Crippen LogP contribution in [0.2, 0.25) is 0 Å². The van der Waals surface area contributed by atoms with Gasteiger partial charge in [-0.25, -0.2) is 4.79 Å². The first-order valence-corrected chi connectivity index (χ1v) is 10.7. The molecule has 0 unspecified atom stereocenters. The summed E-state index contributed by atoms with van der Waals surface area (Å²) in [6, 6.07) is 7.19. The van der Waals surface area contributed by atoms with Crippen molar-refractivity contribution >= 4 is 12.0 Å². The summed E-state index contributed by atoms with van der Waals surface area (Å²) in [4.78, 5) is 11.8. The molecule has 1 rings (SSSR count). The second kappa shape index (κ2) is 16.5. The van der Waals surface area contributed by atoms with Gasteiger partial charge in [0, 0.05) is 6.08 Å². The summed E-state index contributed by atoms with van der Waals surface area (Å²) in [6.07, 6.45) is 15.6. The summed E-state index contributed by atoms with van der Waals surface area (Å²) in [7, 11) is 1.54. The van der Waals surface area contributed by atoms with Gasteiger partial charge in [-0.05, 0) is 30.2 Å². The van der Waals surface area contributed by atoms with E-state index >= 15 is 0 Å². The average molecular weight is 402 g/mol. The van der Waals surface area contributed by atoms with E-state index < -0.39 is 0 Å². The van der Waals surface area contributed by atoms with E-state index in [1.165, 1.54) is 64.6 Å². The second-order valence-electron chi connectivity index (χ2n) is 7.04. The summed E-state index contributed by atoms with van der Waals surface area (Å²) in [5.41, 5.74) is 0.773. The number of ether oxygens (including phenoxy) is 3. The second-order valence-corrected chi connectivity index (χ2v) is 7.04. The van der Waals surface area contributed by atoms with Crippen LogP contribution in [-0.4, -0.2) is 26.3 Å². The average Bonchev–Trinajstić information content (AvgIpc) is 2.74. The lowest BCUT2D eigenvalue weighted by Crippen LogP contribution is -2.02. The third kappa shape index (κ3) is 11.8. The van der Waals surface area contributed by atoms with E-state index in [9.17, 15) is 4.79 Å². The van der Waals surface area contributed by atoms with Crippen LogP contribution >= 0.6 is 0 Å². The highest BCUT2D eigenvalue weighted by molar-refractivity contribution is 5.87. The van der Waals surface area contributed by atoms with Crippen molar-refractivity contribution in [2.75, 3.05) is 20.3 Å². The fourth-order valence-corrected chi connectivity index (χ4v) is 2.99. The van der Waals surface area contributed by atoms with Gasteiger partial charge in [0.2, 0.25) is 0 Å². The van der Waals surface area contributed by atoms with Gasteiger partial charge in [0.1, 0.15) is 6.07 Å².